The van der Waals surface area contributed by atoms with Crippen LogP contribution in [-0.2, 0) is 51.2 Å². The van der Waals surface area contributed by atoms with E-state index in [0.717, 1.165) is 21.9 Å². The second kappa shape index (κ2) is 21.9. The van der Waals surface area contributed by atoms with E-state index in [2.05, 4.69) is 26.3 Å². The second-order valence-corrected chi connectivity index (χ2v) is 17.2. The number of amides is 4. The van der Waals surface area contributed by atoms with Gasteiger partial charge in [0, 0.05) is 37.2 Å². The lowest BCUT2D eigenvalue weighted by molar-refractivity contribution is -0.159. The van der Waals surface area contributed by atoms with Crippen molar-refractivity contribution in [2.24, 2.45) is 0 Å². The monoisotopic (exact) mass is 819 g/mol. The lowest BCUT2D eigenvalue weighted by Crippen LogP contribution is -2.53. The number of pyridine rings is 1. The molecular formula is C44H61N5O10. The topological polar surface area (TPSA) is 200 Å². The van der Waals surface area contributed by atoms with Crippen molar-refractivity contribution in [1.29, 1.82) is 0 Å². The number of hydrogen-bond donors (Lipinski definition) is 4. The summed E-state index contributed by atoms with van der Waals surface area (Å²) in [6.07, 6.45) is 3.49. The van der Waals surface area contributed by atoms with Gasteiger partial charge in [0.15, 0.2) is 0 Å². The normalized spacial score (nSPS) is 13.2. The lowest BCUT2D eigenvalue weighted by atomic mass is 10.0. The molecule has 0 unspecified atom stereocenters. The van der Waals surface area contributed by atoms with E-state index in [1.54, 1.807) is 74.7 Å². The molecule has 0 bridgehead atoms. The Morgan fingerprint density at radius 3 is 1.86 bits per heavy atom. The summed E-state index contributed by atoms with van der Waals surface area (Å²) in [6, 6.07) is 12.6. The van der Waals surface area contributed by atoms with Crippen molar-refractivity contribution in [1.82, 2.24) is 26.3 Å². The smallest absolute Gasteiger partial charge is 0.408 e. The van der Waals surface area contributed by atoms with Gasteiger partial charge in [-0.25, -0.2) is 19.2 Å². The number of esters is 3. The van der Waals surface area contributed by atoms with Crippen molar-refractivity contribution in [2.45, 2.75) is 142 Å². The molecule has 0 aliphatic heterocycles. The highest BCUT2D eigenvalue weighted by Crippen LogP contribution is 2.18. The molecule has 0 radical (unpaired) electrons. The number of hydrogen-bond acceptors (Lipinski definition) is 11. The zero-order valence-electron chi connectivity index (χ0n) is 35.8. The molecule has 3 atom stereocenters. The summed E-state index contributed by atoms with van der Waals surface area (Å²) >= 11 is 0. The van der Waals surface area contributed by atoms with E-state index in [9.17, 15) is 28.8 Å². The third-order valence-electron chi connectivity index (χ3n) is 8.24. The van der Waals surface area contributed by atoms with Crippen molar-refractivity contribution in [3.63, 3.8) is 0 Å². The SMILES string of the molecule is CC(C)(C)OC(=O)CC[C@H](NC(=O)N[C@@H](CCCCNC(=O)[C@@H](Cc1ccc2cnccc2c1)NC(=O)OCc1ccccc1)C(=O)OC(C)(C)C)C(=O)OC(C)(C)C. The number of rotatable bonds is 18. The zero-order valence-corrected chi connectivity index (χ0v) is 35.8. The Hall–Kier alpha value is -5.73. The Balaban J connectivity index is 1.65. The Morgan fingerprint density at radius 2 is 1.25 bits per heavy atom. The number of nitrogens with zero attached hydrogens (tertiary/aromatic N) is 1. The maximum atomic E-state index is 13.5. The fraction of sp³-hybridized carbons (Fsp3) is 0.523. The number of urea groups is 1. The molecule has 59 heavy (non-hydrogen) atoms. The van der Waals surface area contributed by atoms with E-state index in [1.165, 1.54) is 0 Å². The number of carbonyl (C=O) groups is 6. The minimum atomic E-state index is -1.22. The lowest BCUT2D eigenvalue weighted by Gasteiger charge is -2.27. The van der Waals surface area contributed by atoms with Crippen molar-refractivity contribution < 1.29 is 47.7 Å². The summed E-state index contributed by atoms with van der Waals surface area (Å²) in [5, 5.41) is 12.6. The van der Waals surface area contributed by atoms with E-state index in [0.29, 0.717) is 12.8 Å². The largest absolute Gasteiger partial charge is 0.460 e. The molecule has 3 rings (SSSR count). The van der Waals surface area contributed by atoms with Crippen molar-refractivity contribution in [3.05, 3.63) is 78.1 Å². The molecule has 0 aliphatic rings. The first kappa shape index (κ1) is 47.6. The van der Waals surface area contributed by atoms with Crippen LogP contribution in [0.25, 0.3) is 10.8 Å². The van der Waals surface area contributed by atoms with Gasteiger partial charge in [-0.15, -0.1) is 0 Å². The van der Waals surface area contributed by atoms with Gasteiger partial charge in [0.05, 0.1) is 0 Å². The third-order valence-corrected chi connectivity index (χ3v) is 8.24. The highest BCUT2D eigenvalue weighted by atomic mass is 16.6. The predicted octanol–water partition coefficient (Wildman–Crippen LogP) is 6.20. The summed E-state index contributed by atoms with van der Waals surface area (Å²) in [7, 11) is 0. The molecule has 0 saturated carbocycles. The van der Waals surface area contributed by atoms with Crippen molar-refractivity contribution in [3.8, 4) is 0 Å². The van der Waals surface area contributed by atoms with Crippen LogP contribution in [-0.4, -0.2) is 82.4 Å². The van der Waals surface area contributed by atoms with E-state index in [1.807, 2.05) is 54.6 Å². The molecule has 0 fully saturated rings. The molecule has 15 heteroatoms. The Labute approximate surface area is 347 Å². The molecule has 0 spiro atoms. The molecule has 2 aromatic carbocycles. The molecular weight excluding hydrogens is 759 g/mol. The quantitative estimate of drug-likeness (QED) is 0.0647. The summed E-state index contributed by atoms with van der Waals surface area (Å²) in [6.45, 7) is 15.5. The molecule has 4 amide bonds. The molecule has 322 valence electrons. The van der Waals surface area contributed by atoms with E-state index in [4.69, 9.17) is 18.9 Å². The van der Waals surface area contributed by atoms with Crippen LogP contribution in [0.5, 0.6) is 0 Å². The van der Waals surface area contributed by atoms with E-state index < -0.39 is 70.9 Å². The first-order valence-electron chi connectivity index (χ1n) is 19.9. The maximum Gasteiger partial charge on any atom is 0.408 e. The van der Waals surface area contributed by atoms with Gasteiger partial charge >= 0.3 is 30.0 Å². The van der Waals surface area contributed by atoms with E-state index in [-0.39, 0.29) is 38.8 Å². The Morgan fingerprint density at radius 1 is 0.644 bits per heavy atom. The van der Waals surface area contributed by atoms with Crippen molar-refractivity contribution in [2.75, 3.05) is 6.54 Å². The number of carbonyl (C=O) groups excluding carboxylic acids is 6. The van der Waals surface area contributed by atoms with Crippen LogP contribution in [0.3, 0.4) is 0 Å². The third kappa shape index (κ3) is 19.0. The fourth-order valence-corrected chi connectivity index (χ4v) is 5.68. The molecule has 4 N–H and O–H groups in total. The standard InChI is InChI=1S/C44H61N5O10/c1-42(2,3)57-36(50)21-20-34(39(53)59-44(7,8)9)48-40(54)47-33(38(52)58-43(4,5)6)17-13-14-23-46-37(51)35(49-41(55)56-28-29-15-11-10-12-16-29)26-30-18-19-32-27-45-24-22-31(32)25-30/h10-12,15-16,18-19,22,24-25,27,33-35H,13-14,17,20-21,23,26,28H2,1-9H3,(H,46,51)(H,49,55)(H2,47,48,54)/t33-,34-,35+/m0/s1. The fourth-order valence-electron chi connectivity index (χ4n) is 5.68. The summed E-state index contributed by atoms with van der Waals surface area (Å²) in [5.74, 6) is -2.43. The Kier molecular flexibility index (Phi) is 17.7. The zero-order chi connectivity index (χ0) is 43.8. The minimum Gasteiger partial charge on any atom is -0.460 e. The van der Waals surface area contributed by atoms with Crippen LogP contribution >= 0.6 is 0 Å². The van der Waals surface area contributed by atoms with Crippen LogP contribution in [0.4, 0.5) is 9.59 Å². The molecule has 0 aliphatic carbocycles. The molecule has 1 aromatic heterocycles. The molecule has 15 nitrogen and oxygen atoms in total. The second-order valence-electron chi connectivity index (χ2n) is 17.2. The average Bonchev–Trinajstić information content (AvgIpc) is 3.13. The number of benzene rings is 2. The molecule has 0 saturated heterocycles. The molecule has 3 aromatic rings. The van der Waals surface area contributed by atoms with Crippen molar-refractivity contribution >= 4 is 46.7 Å². The minimum absolute atomic E-state index is 0.0304. The number of alkyl carbamates (subject to hydrolysis) is 1. The predicted molar refractivity (Wildman–Crippen MR) is 222 cm³/mol. The molecule has 1 heterocycles. The van der Waals surface area contributed by atoms with Gasteiger partial charge in [0.2, 0.25) is 5.91 Å². The summed E-state index contributed by atoms with van der Waals surface area (Å²) in [5.41, 5.74) is -0.859. The van der Waals surface area contributed by atoms with Crippen LogP contribution in [0.2, 0.25) is 0 Å². The summed E-state index contributed by atoms with van der Waals surface area (Å²) in [4.78, 5) is 82.6. The van der Waals surface area contributed by atoms with Gasteiger partial charge in [-0.05, 0) is 111 Å². The van der Waals surface area contributed by atoms with Gasteiger partial charge in [0.25, 0.3) is 0 Å². The van der Waals surface area contributed by atoms with Crippen LogP contribution < -0.4 is 21.3 Å². The van der Waals surface area contributed by atoms with Gasteiger partial charge in [0.1, 0.15) is 41.5 Å². The number of nitrogens with one attached hydrogen (secondary N) is 4. The van der Waals surface area contributed by atoms with Gasteiger partial charge in [-0.1, -0.05) is 48.5 Å². The van der Waals surface area contributed by atoms with Gasteiger partial charge in [-0.2, -0.15) is 0 Å². The number of aromatic nitrogens is 1. The first-order chi connectivity index (χ1) is 27.6. The number of ether oxygens (including phenoxy) is 4. The average molecular weight is 820 g/mol. The van der Waals surface area contributed by atoms with Gasteiger partial charge in [-0.3, -0.25) is 14.6 Å². The Bertz CT molecular complexity index is 1880. The van der Waals surface area contributed by atoms with Gasteiger partial charge < -0.3 is 40.2 Å². The first-order valence-corrected chi connectivity index (χ1v) is 19.9. The number of fused-ring (bicyclic) bond motifs is 1. The van der Waals surface area contributed by atoms with Crippen LogP contribution in [0.1, 0.15) is 106 Å². The summed E-state index contributed by atoms with van der Waals surface area (Å²) < 4.78 is 21.8. The van der Waals surface area contributed by atoms with E-state index >= 15 is 0 Å². The highest BCUT2D eigenvalue weighted by Gasteiger charge is 2.31. The van der Waals surface area contributed by atoms with Crippen LogP contribution in [0, 0.1) is 0 Å². The number of unbranched alkanes of at least 4 members (excludes halogenated alkanes) is 1. The van der Waals surface area contributed by atoms with Crippen LogP contribution in [0.15, 0.2) is 67.0 Å². The maximum absolute atomic E-state index is 13.5. The highest BCUT2D eigenvalue weighted by molar-refractivity contribution is 5.88.